The number of nitrogens with one attached hydrogen (secondary N) is 2. The van der Waals surface area contributed by atoms with Crippen LogP contribution in [0.3, 0.4) is 0 Å². The van der Waals surface area contributed by atoms with Gasteiger partial charge in [0.05, 0.1) is 16.7 Å². The van der Waals surface area contributed by atoms with Gasteiger partial charge in [0.1, 0.15) is 0 Å². The van der Waals surface area contributed by atoms with Crippen molar-refractivity contribution in [2.75, 3.05) is 5.32 Å². The van der Waals surface area contributed by atoms with Crippen LogP contribution in [0.15, 0.2) is 47.4 Å². The lowest BCUT2D eigenvalue weighted by atomic mass is 9.95. The molecule has 2 aromatic carbocycles. The Bertz CT molecular complexity index is 1040. The molecule has 1 fully saturated rings. The molecule has 1 saturated carbocycles. The second-order valence-electron chi connectivity index (χ2n) is 6.57. The molecule has 26 heavy (non-hydrogen) atoms. The number of amides is 2. The molecular formula is C18H15ClN2O4S. The summed E-state index contributed by atoms with van der Waals surface area (Å²) in [4.78, 5) is 24.1. The van der Waals surface area contributed by atoms with Crippen LogP contribution in [-0.2, 0) is 31.4 Å². The first-order valence-electron chi connectivity index (χ1n) is 8.06. The monoisotopic (exact) mass is 390 g/mol. The Hall–Kier alpha value is -2.38. The van der Waals surface area contributed by atoms with Crippen LogP contribution in [0.25, 0.3) is 0 Å². The summed E-state index contributed by atoms with van der Waals surface area (Å²) in [6.07, 6.45) is 1.26. The van der Waals surface area contributed by atoms with Gasteiger partial charge >= 0.3 is 0 Å². The summed E-state index contributed by atoms with van der Waals surface area (Å²) in [7, 11) is -4.03. The predicted octanol–water partition coefficient (Wildman–Crippen LogP) is 2.37. The molecule has 134 valence electrons. The smallest absolute Gasteiger partial charge is 0.264 e. The van der Waals surface area contributed by atoms with E-state index in [1.54, 1.807) is 24.3 Å². The topological polar surface area (TPSA) is 92.3 Å². The van der Waals surface area contributed by atoms with Crippen LogP contribution in [-0.4, -0.2) is 20.2 Å². The maximum atomic E-state index is 12.7. The van der Waals surface area contributed by atoms with Crippen molar-refractivity contribution in [3.05, 3.63) is 58.6 Å². The summed E-state index contributed by atoms with van der Waals surface area (Å²) in [5, 5.41) is 3.14. The van der Waals surface area contributed by atoms with Gasteiger partial charge in [0.25, 0.3) is 10.0 Å². The number of sulfonamides is 1. The fraction of sp³-hybridized carbons (Fsp3) is 0.222. The molecule has 0 unspecified atom stereocenters. The molecule has 1 aliphatic carbocycles. The van der Waals surface area contributed by atoms with Crippen molar-refractivity contribution >= 4 is 39.1 Å². The standard InChI is InChI=1S/C18H15ClN2O4S/c19-13-3-1-2-12(10-13)18(6-7-18)17(23)21-26(24,25)14-4-5-15-11(8-14)9-16(22)20-15/h1-5,8,10H,6-7,9H2,(H,20,22)(H,21,23). The molecule has 2 aromatic rings. The quantitative estimate of drug-likeness (QED) is 0.838. The summed E-state index contributed by atoms with van der Waals surface area (Å²) >= 11 is 5.99. The second kappa shape index (κ2) is 5.82. The Balaban J connectivity index is 1.60. The lowest BCUT2D eigenvalue weighted by Crippen LogP contribution is -2.38. The predicted molar refractivity (Wildman–Crippen MR) is 96.5 cm³/mol. The van der Waals surface area contributed by atoms with E-state index in [0.29, 0.717) is 34.7 Å². The van der Waals surface area contributed by atoms with Gasteiger partial charge in [-0.1, -0.05) is 23.7 Å². The summed E-state index contributed by atoms with van der Waals surface area (Å²) < 4.78 is 27.4. The van der Waals surface area contributed by atoms with E-state index >= 15 is 0 Å². The van der Waals surface area contributed by atoms with Gasteiger partial charge in [-0.15, -0.1) is 0 Å². The summed E-state index contributed by atoms with van der Waals surface area (Å²) in [5.74, 6) is -0.745. The molecule has 4 rings (SSSR count). The lowest BCUT2D eigenvalue weighted by molar-refractivity contribution is -0.121. The molecule has 0 atom stereocenters. The minimum Gasteiger partial charge on any atom is -0.326 e. The van der Waals surface area contributed by atoms with E-state index in [4.69, 9.17) is 11.6 Å². The number of anilines is 1. The zero-order valence-electron chi connectivity index (χ0n) is 13.6. The van der Waals surface area contributed by atoms with Gasteiger partial charge in [0.2, 0.25) is 11.8 Å². The van der Waals surface area contributed by atoms with E-state index in [-0.39, 0.29) is 17.2 Å². The van der Waals surface area contributed by atoms with Crippen LogP contribution in [0.1, 0.15) is 24.0 Å². The first-order chi connectivity index (χ1) is 12.3. The third-order valence-electron chi connectivity index (χ3n) is 4.80. The Morgan fingerprint density at radius 3 is 2.62 bits per heavy atom. The van der Waals surface area contributed by atoms with Crippen molar-refractivity contribution in [3.63, 3.8) is 0 Å². The van der Waals surface area contributed by atoms with E-state index in [0.717, 1.165) is 0 Å². The van der Waals surface area contributed by atoms with Gasteiger partial charge in [0.15, 0.2) is 0 Å². The molecule has 2 amide bonds. The van der Waals surface area contributed by atoms with Crippen molar-refractivity contribution in [1.29, 1.82) is 0 Å². The summed E-state index contributed by atoms with van der Waals surface area (Å²) in [6.45, 7) is 0. The van der Waals surface area contributed by atoms with Crippen molar-refractivity contribution in [2.45, 2.75) is 29.6 Å². The van der Waals surface area contributed by atoms with E-state index < -0.39 is 21.3 Å². The first kappa shape index (κ1) is 17.1. The second-order valence-corrected chi connectivity index (χ2v) is 8.69. The van der Waals surface area contributed by atoms with E-state index in [9.17, 15) is 18.0 Å². The zero-order valence-corrected chi connectivity index (χ0v) is 15.2. The summed E-state index contributed by atoms with van der Waals surface area (Å²) in [5.41, 5.74) is 1.05. The van der Waals surface area contributed by atoms with E-state index in [2.05, 4.69) is 10.0 Å². The zero-order chi connectivity index (χ0) is 18.5. The largest absolute Gasteiger partial charge is 0.326 e. The number of hydrogen-bond donors (Lipinski definition) is 2. The third-order valence-corrected chi connectivity index (χ3v) is 6.36. The van der Waals surface area contributed by atoms with Crippen molar-refractivity contribution in [3.8, 4) is 0 Å². The van der Waals surface area contributed by atoms with Gasteiger partial charge in [-0.3, -0.25) is 9.59 Å². The van der Waals surface area contributed by atoms with Crippen LogP contribution in [0, 0.1) is 0 Å². The Morgan fingerprint density at radius 2 is 1.92 bits per heavy atom. The summed E-state index contributed by atoms with van der Waals surface area (Å²) in [6, 6.07) is 11.2. The van der Waals surface area contributed by atoms with Gasteiger partial charge in [0, 0.05) is 10.7 Å². The highest BCUT2D eigenvalue weighted by molar-refractivity contribution is 7.90. The number of rotatable bonds is 4. The first-order valence-corrected chi connectivity index (χ1v) is 9.92. The molecule has 0 bridgehead atoms. The molecule has 0 saturated heterocycles. The molecule has 0 aromatic heterocycles. The molecule has 1 heterocycles. The van der Waals surface area contributed by atoms with Crippen LogP contribution in [0.2, 0.25) is 5.02 Å². The molecule has 2 aliphatic rings. The number of fused-ring (bicyclic) bond motifs is 1. The molecule has 2 N–H and O–H groups in total. The number of benzene rings is 2. The number of halogens is 1. The average Bonchev–Trinajstić information content (AvgIpc) is 3.30. The normalized spacial score (nSPS) is 17.3. The molecular weight excluding hydrogens is 376 g/mol. The van der Waals surface area contributed by atoms with Crippen molar-refractivity contribution in [1.82, 2.24) is 4.72 Å². The SMILES string of the molecule is O=C1Cc2cc(S(=O)(=O)NC(=O)C3(c4cccc(Cl)c4)CC3)ccc2N1. The molecule has 0 spiro atoms. The van der Waals surface area contributed by atoms with Gasteiger partial charge in [-0.2, -0.15) is 0 Å². The lowest BCUT2D eigenvalue weighted by Gasteiger charge is -2.16. The number of hydrogen-bond acceptors (Lipinski definition) is 4. The molecule has 1 aliphatic heterocycles. The Labute approximate surface area is 155 Å². The highest BCUT2D eigenvalue weighted by atomic mass is 35.5. The minimum atomic E-state index is -4.03. The molecule has 0 radical (unpaired) electrons. The Kier molecular flexibility index (Phi) is 3.82. The van der Waals surface area contributed by atoms with Gasteiger partial charge in [-0.25, -0.2) is 13.1 Å². The fourth-order valence-electron chi connectivity index (χ4n) is 3.21. The minimum absolute atomic E-state index is 0.0389. The highest BCUT2D eigenvalue weighted by Crippen LogP contribution is 2.49. The molecule has 8 heteroatoms. The number of carbonyl (C=O) groups is 2. The van der Waals surface area contributed by atoms with Crippen molar-refractivity contribution in [2.24, 2.45) is 0 Å². The van der Waals surface area contributed by atoms with Crippen molar-refractivity contribution < 1.29 is 18.0 Å². The van der Waals surface area contributed by atoms with Crippen LogP contribution in [0.5, 0.6) is 0 Å². The average molecular weight is 391 g/mol. The Morgan fingerprint density at radius 1 is 1.15 bits per heavy atom. The van der Waals surface area contributed by atoms with Crippen LogP contribution in [0.4, 0.5) is 5.69 Å². The maximum Gasteiger partial charge on any atom is 0.264 e. The number of carbonyl (C=O) groups excluding carboxylic acids is 2. The van der Waals surface area contributed by atoms with Gasteiger partial charge in [-0.05, 0) is 54.3 Å². The highest BCUT2D eigenvalue weighted by Gasteiger charge is 2.52. The van der Waals surface area contributed by atoms with E-state index in [1.807, 2.05) is 0 Å². The van der Waals surface area contributed by atoms with Crippen LogP contribution < -0.4 is 10.0 Å². The van der Waals surface area contributed by atoms with E-state index in [1.165, 1.54) is 18.2 Å². The fourth-order valence-corrected chi connectivity index (χ4v) is 4.50. The van der Waals surface area contributed by atoms with Gasteiger partial charge < -0.3 is 5.32 Å². The third kappa shape index (κ3) is 2.87. The van der Waals surface area contributed by atoms with Crippen LogP contribution >= 0.6 is 11.6 Å². The molecule has 6 nitrogen and oxygen atoms in total. The maximum absolute atomic E-state index is 12.7.